The number of benzene rings is 2. The van der Waals surface area contributed by atoms with Crippen LogP contribution < -0.4 is 15.4 Å². The summed E-state index contributed by atoms with van der Waals surface area (Å²) in [6.07, 6.45) is 4.06. The number of para-hydroxylation sites is 2. The lowest BCUT2D eigenvalue weighted by atomic mass is 9.98. The van der Waals surface area contributed by atoms with Gasteiger partial charge in [-0.1, -0.05) is 56.9 Å². The molecular weight excluding hydrogens is 453 g/mol. The van der Waals surface area contributed by atoms with E-state index in [4.69, 9.17) is 4.74 Å². The van der Waals surface area contributed by atoms with Gasteiger partial charge in [0.1, 0.15) is 17.1 Å². The van der Waals surface area contributed by atoms with Gasteiger partial charge in [-0.05, 0) is 55.0 Å². The minimum Gasteiger partial charge on any atom is -0.491 e. The zero-order valence-electron chi connectivity index (χ0n) is 19.9. The first-order valence-corrected chi connectivity index (χ1v) is 12.2. The molecular formula is C27H31F3N4O. The molecule has 2 N–H and O–H groups in total. The summed E-state index contributed by atoms with van der Waals surface area (Å²) < 4.78 is 47.0. The van der Waals surface area contributed by atoms with Gasteiger partial charge in [-0.25, -0.2) is 4.98 Å². The monoisotopic (exact) mass is 484 g/mol. The number of aromatic nitrogens is 2. The SMILES string of the molecule is CCCCCOc1ccccc1Nc1nc(Nc2ccc(C3CCCC3)cc2)ncc1C(F)(F)F. The second-order valence-electron chi connectivity index (χ2n) is 8.86. The fraction of sp³-hybridized carbons (Fsp3) is 0.407. The predicted octanol–water partition coefficient (Wildman–Crippen LogP) is 8.21. The zero-order chi connectivity index (χ0) is 24.7. The number of nitrogens with one attached hydrogen (secondary N) is 2. The van der Waals surface area contributed by atoms with Crippen molar-refractivity contribution < 1.29 is 17.9 Å². The van der Waals surface area contributed by atoms with Gasteiger partial charge in [0.15, 0.2) is 0 Å². The Morgan fingerprint density at radius 2 is 1.71 bits per heavy atom. The number of ether oxygens (including phenoxy) is 1. The normalized spacial score (nSPS) is 14.2. The lowest BCUT2D eigenvalue weighted by molar-refractivity contribution is -0.137. The van der Waals surface area contributed by atoms with Gasteiger partial charge in [0.2, 0.25) is 5.95 Å². The van der Waals surface area contributed by atoms with Crippen molar-refractivity contribution in [2.45, 2.75) is 64.0 Å². The largest absolute Gasteiger partial charge is 0.491 e. The van der Waals surface area contributed by atoms with E-state index < -0.39 is 11.7 Å². The molecule has 0 bridgehead atoms. The standard InChI is InChI=1S/C27H31F3N4O/c1-2-3-8-17-35-24-12-7-6-11-23(24)33-25-22(27(28,29)30)18-31-26(34-25)32-21-15-13-20(14-16-21)19-9-4-5-10-19/h6-7,11-16,18-19H,2-5,8-10,17H2,1H3,(H2,31,32,33,34). The Labute approximate surface area is 204 Å². The Bertz CT molecular complexity index is 1100. The van der Waals surface area contributed by atoms with Gasteiger partial charge in [-0.2, -0.15) is 18.2 Å². The summed E-state index contributed by atoms with van der Waals surface area (Å²) in [5.74, 6) is 0.816. The number of unbranched alkanes of at least 4 members (excludes halogenated alkanes) is 2. The van der Waals surface area contributed by atoms with Crippen LogP contribution in [0.2, 0.25) is 0 Å². The molecule has 4 rings (SSSR count). The summed E-state index contributed by atoms with van der Waals surface area (Å²) in [5, 5.41) is 5.85. The van der Waals surface area contributed by atoms with Crippen LogP contribution in [-0.2, 0) is 6.18 Å². The number of halogens is 3. The summed E-state index contributed by atoms with van der Waals surface area (Å²) in [4.78, 5) is 8.09. The third-order valence-corrected chi connectivity index (χ3v) is 6.23. The quantitative estimate of drug-likeness (QED) is 0.284. The fourth-order valence-corrected chi connectivity index (χ4v) is 4.33. The molecule has 0 saturated heterocycles. The van der Waals surface area contributed by atoms with E-state index in [9.17, 15) is 13.2 Å². The first-order valence-electron chi connectivity index (χ1n) is 12.2. The van der Waals surface area contributed by atoms with E-state index in [1.54, 1.807) is 24.3 Å². The lowest BCUT2D eigenvalue weighted by Gasteiger charge is -2.17. The van der Waals surface area contributed by atoms with Crippen LogP contribution in [0.5, 0.6) is 5.75 Å². The number of rotatable bonds is 10. The van der Waals surface area contributed by atoms with E-state index in [0.29, 0.717) is 24.0 Å². The molecule has 8 heteroatoms. The molecule has 0 unspecified atom stereocenters. The molecule has 0 atom stereocenters. The van der Waals surface area contributed by atoms with Gasteiger partial charge in [-0.3, -0.25) is 0 Å². The van der Waals surface area contributed by atoms with Crippen LogP contribution >= 0.6 is 0 Å². The molecule has 0 amide bonds. The molecule has 2 aromatic carbocycles. The van der Waals surface area contributed by atoms with Crippen molar-refractivity contribution in [3.8, 4) is 5.75 Å². The summed E-state index contributed by atoms with van der Waals surface area (Å²) in [6.45, 7) is 2.59. The topological polar surface area (TPSA) is 59.1 Å². The maximum atomic E-state index is 13.7. The minimum atomic E-state index is -4.61. The van der Waals surface area contributed by atoms with Crippen molar-refractivity contribution >= 4 is 23.1 Å². The van der Waals surface area contributed by atoms with Gasteiger partial charge in [-0.15, -0.1) is 0 Å². The smallest absolute Gasteiger partial charge is 0.421 e. The Kier molecular flexibility index (Phi) is 8.10. The summed E-state index contributed by atoms with van der Waals surface area (Å²) in [5.41, 5.74) is 1.48. The Hall–Kier alpha value is -3.29. The number of nitrogens with zero attached hydrogens (tertiary/aromatic N) is 2. The maximum absolute atomic E-state index is 13.7. The first-order chi connectivity index (χ1) is 16.9. The molecule has 1 saturated carbocycles. The van der Waals surface area contributed by atoms with Crippen molar-refractivity contribution in [3.63, 3.8) is 0 Å². The molecule has 0 aliphatic heterocycles. The van der Waals surface area contributed by atoms with Gasteiger partial charge in [0.05, 0.1) is 12.3 Å². The minimum absolute atomic E-state index is 0.0791. The van der Waals surface area contributed by atoms with E-state index >= 15 is 0 Å². The molecule has 1 fully saturated rings. The van der Waals surface area contributed by atoms with Crippen LogP contribution in [0.3, 0.4) is 0 Å². The van der Waals surface area contributed by atoms with Crippen molar-refractivity contribution in [1.29, 1.82) is 0 Å². The number of hydrogen-bond acceptors (Lipinski definition) is 5. The summed E-state index contributed by atoms with van der Waals surface area (Å²) in [7, 11) is 0. The average molecular weight is 485 g/mol. The second kappa shape index (κ2) is 11.4. The van der Waals surface area contributed by atoms with Gasteiger partial charge >= 0.3 is 6.18 Å². The van der Waals surface area contributed by atoms with Crippen LogP contribution in [-0.4, -0.2) is 16.6 Å². The highest BCUT2D eigenvalue weighted by atomic mass is 19.4. The van der Waals surface area contributed by atoms with Crippen molar-refractivity contribution in [2.75, 3.05) is 17.2 Å². The van der Waals surface area contributed by atoms with Crippen LogP contribution in [0.1, 0.15) is 68.9 Å². The highest BCUT2D eigenvalue weighted by molar-refractivity contribution is 5.67. The van der Waals surface area contributed by atoms with Crippen LogP contribution in [0.15, 0.2) is 54.7 Å². The van der Waals surface area contributed by atoms with Gasteiger partial charge in [0.25, 0.3) is 0 Å². The van der Waals surface area contributed by atoms with E-state index in [-0.39, 0.29) is 11.8 Å². The summed E-state index contributed by atoms with van der Waals surface area (Å²) >= 11 is 0. The molecule has 186 valence electrons. The van der Waals surface area contributed by atoms with E-state index in [2.05, 4.69) is 39.7 Å². The van der Waals surface area contributed by atoms with Crippen LogP contribution in [0, 0.1) is 0 Å². The van der Waals surface area contributed by atoms with Gasteiger partial charge in [0, 0.05) is 11.9 Å². The Balaban J connectivity index is 1.54. The predicted molar refractivity (Wildman–Crippen MR) is 133 cm³/mol. The van der Waals surface area contributed by atoms with Gasteiger partial charge < -0.3 is 15.4 Å². The maximum Gasteiger partial charge on any atom is 0.421 e. The molecule has 1 aromatic heterocycles. The first kappa shape index (κ1) is 24.8. The second-order valence-corrected chi connectivity index (χ2v) is 8.86. The van der Waals surface area contributed by atoms with E-state index in [0.717, 1.165) is 31.1 Å². The third-order valence-electron chi connectivity index (χ3n) is 6.23. The van der Waals surface area contributed by atoms with E-state index in [1.165, 1.54) is 31.2 Å². The molecule has 0 spiro atoms. The highest BCUT2D eigenvalue weighted by Gasteiger charge is 2.35. The van der Waals surface area contributed by atoms with Crippen molar-refractivity contribution in [3.05, 3.63) is 65.9 Å². The molecule has 5 nitrogen and oxygen atoms in total. The number of hydrogen-bond donors (Lipinski definition) is 2. The van der Waals surface area contributed by atoms with Crippen LogP contribution in [0.4, 0.5) is 36.3 Å². The van der Waals surface area contributed by atoms with Crippen LogP contribution in [0.25, 0.3) is 0 Å². The lowest BCUT2D eigenvalue weighted by Crippen LogP contribution is -2.13. The molecule has 1 aliphatic carbocycles. The van der Waals surface area contributed by atoms with Crippen molar-refractivity contribution in [2.24, 2.45) is 0 Å². The Morgan fingerprint density at radius 1 is 0.971 bits per heavy atom. The highest BCUT2D eigenvalue weighted by Crippen LogP contribution is 2.37. The molecule has 3 aromatic rings. The number of alkyl halides is 3. The molecule has 35 heavy (non-hydrogen) atoms. The third kappa shape index (κ3) is 6.65. The average Bonchev–Trinajstić information content (AvgIpc) is 3.38. The van der Waals surface area contributed by atoms with E-state index in [1.807, 2.05) is 12.1 Å². The molecule has 1 aliphatic rings. The number of anilines is 4. The molecule has 1 heterocycles. The zero-order valence-corrected chi connectivity index (χ0v) is 19.9. The van der Waals surface area contributed by atoms with Crippen molar-refractivity contribution in [1.82, 2.24) is 9.97 Å². The molecule has 0 radical (unpaired) electrons. The summed E-state index contributed by atoms with van der Waals surface area (Å²) in [6, 6.07) is 14.9. The fourth-order valence-electron chi connectivity index (χ4n) is 4.33. The Morgan fingerprint density at radius 3 is 2.43 bits per heavy atom.